The van der Waals surface area contributed by atoms with Crippen molar-refractivity contribution in [3.05, 3.63) is 28.5 Å². The predicted octanol–water partition coefficient (Wildman–Crippen LogP) is 0.961. The molecule has 0 aromatic carbocycles. The SMILES string of the molecule is CN1C(=O)c2nccc(Cl)c2C1=O. The lowest BCUT2D eigenvalue weighted by atomic mass is 10.2. The Kier molecular flexibility index (Phi) is 1.60. The number of carbonyl (C=O) groups is 2. The van der Waals surface area contributed by atoms with E-state index in [0.717, 1.165) is 4.90 Å². The second kappa shape index (κ2) is 2.53. The van der Waals surface area contributed by atoms with Gasteiger partial charge in [-0.1, -0.05) is 11.6 Å². The second-order valence-corrected chi connectivity index (χ2v) is 3.09. The quantitative estimate of drug-likeness (QED) is 0.581. The van der Waals surface area contributed by atoms with E-state index in [0.29, 0.717) is 0 Å². The van der Waals surface area contributed by atoms with E-state index in [2.05, 4.69) is 4.98 Å². The summed E-state index contributed by atoms with van der Waals surface area (Å²) in [7, 11) is 1.41. The number of carbonyl (C=O) groups excluding carboxylic acids is 2. The fourth-order valence-electron chi connectivity index (χ4n) is 1.22. The molecule has 1 aromatic rings. The van der Waals surface area contributed by atoms with E-state index >= 15 is 0 Å². The monoisotopic (exact) mass is 196 g/mol. The minimum atomic E-state index is -0.400. The summed E-state index contributed by atoms with van der Waals surface area (Å²) >= 11 is 5.76. The van der Waals surface area contributed by atoms with Crippen LogP contribution >= 0.6 is 11.6 Å². The van der Waals surface area contributed by atoms with E-state index < -0.39 is 11.8 Å². The van der Waals surface area contributed by atoms with Gasteiger partial charge in [0.25, 0.3) is 11.8 Å². The molecular weight excluding hydrogens is 192 g/mol. The van der Waals surface area contributed by atoms with Crippen LogP contribution in [0.25, 0.3) is 0 Å². The zero-order valence-corrected chi connectivity index (χ0v) is 7.50. The smallest absolute Gasteiger partial charge is 0.276 e. The third-order valence-electron chi connectivity index (χ3n) is 1.93. The molecule has 5 heteroatoms. The third kappa shape index (κ3) is 0.954. The number of imide groups is 1. The van der Waals surface area contributed by atoms with E-state index in [1.54, 1.807) is 0 Å². The summed E-state index contributed by atoms with van der Waals surface area (Å²) in [6.45, 7) is 0. The van der Waals surface area contributed by atoms with Crippen LogP contribution in [-0.2, 0) is 0 Å². The molecule has 1 aromatic heterocycles. The first-order valence-electron chi connectivity index (χ1n) is 3.60. The van der Waals surface area contributed by atoms with Crippen LogP contribution in [-0.4, -0.2) is 28.7 Å². The molecule has 2 heterocycles. The molecule has 2 amide bonds. The maximum Gasteiger partial charge on any atom is 0.279 e. The summed E-state index contributed by atoms with van der Waals surface area (Å²) in [6.07, 6.45) is 1.41. The Balaban J connectivity index is 2.74. The van der Waals surface area contributed by atoms with Gasteiger partial charge < -0.3 is 0 Å². The van der Waals surface area contributed by atoms with E-state index in [1.807, 2.05) is 0 Å². The number of hydrogen-bond acceptors (Lipinski definition) is 3. The van der Waals surface area contributed by atoms with Gasteiger partial charge in [-0.3, -0.25) is 19.5 Å². The largest absolute Gasteiger partial charge is 0.279 e. The highest BCUT2D eigenvalue weighted by atomic mass is 35.5. The van der Waals surface area contributed by atoms with Crippen molar-refractivity contribution in [1.29, 1.82) is 0 Å². The molecule has 0 aliphatic carbocycles. The number of halogens is 1. The lowest BCUT2D eigenvalue weighted by Gasteiger charge is -2.02. The second-order valence-electron chi connectivity index (χ2n) is 2.69. The number of fused-ring (bicyclic) bond motifs is 1. The standard InChI is InChI=1S/C8H5ClN2O2/c1-11-7(12)5-4(9)2-3-10-6(5)8(11)13/h2-3H,1H3. The van der Waals surface area contributed by atoms with Crippen molar-refractivity contribution in [3.8, 4) is 0 Å². The van der Waals surface area contributed by atoms with Crippen LogP contribution in [0.5, 0.6) is 0 Å². The molecule has 66 valence electrons. The highest BCUT2D eigenvalue weighted by molar-refractivity contribution is 6.36. The van der Waals surface area contributed by atoms with E-state index in [-0.39, 0.29) is 16.3 Å². The maximum absolute atomic E-state index is 11.4. The Morgan fingerprint density at radius 3 is 2.69 bits per heavy atom. The van der Waals surface area contributed by atoms with Crippen molar-refractivity contribution in [2.24, 2.45) is 0 Å². The van der Waals surface area contributed by atoms with E-state index in [4.69, 9.17) is 11.6 Å². The van der Waals surface area contributed by atoms with E-state index in [9.17, 15) is 9.59 Å². The minimum absolute atomic E-state index is 0.139. The lowest BCUT2D eigenvalue weighted by molar-refractivity contribution is 0.0691. The van der Waals surface area contributed by atoms with Crippen LogP contribution in [0.1, 0.15) is 20.8 Å². The van der Waals surface area contributed by atoms with Gasteiger partial charge >= 0.3 is 0 Å². The summed E-state index contributed by atoms with van der Waals surface area (Å²) < 4.78 is 0. The number of amides is 2. The molecule has 0 bridgehead atoms. The molecule has 0 saturated heterocycles. The Morgan fingerprint density at radius 2 is 2.08 bits per heavy atom. The van der Waals surface area contributed by atoms with Gasteiger partial charge in [-0.15, -0.1) is 0 Å². The topological polar surface area (TPSA) is 50.3 Å². The molecule has 0 radical (unpaired) electrons. The number of pyridine rings is 1. The normalized spacial score (nSPS) is 15.1. The molecule has 0 N–H and O–H groups in total. The molecule has 0 atom stereocenters. The molecule has 0 fully saturated rings. The van der Waals surface area contributed by atoms with Crippen LogP contribution in [0.2, 0.25) is 5.02 Å². The number of aromatic nitrogens is 1. The zero-order valence-electron chi connectivity index (χ0n) is 6.74. The molecule has 0 spiro atoms. The molecule has 4 nitrogen and oxygen atoms in total. The van der Waals surface area contributed by atoms with Crippen molar-refractivity contribution in [2.45, 2.75) is 0 Å². The maximum atomic E-state index is 11.4. The highest BCUT2D eigenvalue weighted by Crippen LogP contribution is 2.25. The van der Waals surface area contributed by atoms with Crippen molar-refractivity contribution in [3.63, 3.8) is 0 Å². The van der Waals surface area contributed by atoms with Gasteiger partial charge in [0.2, 0.25) is 0 Å². The molecule has 2 rings (SSSR count). The minimum Gasteiger partial charge on any atom is -0.276 e. The number of rotatable bonds is 0. The first-order valence-corrected chi connectivity index (χ1v) is 3.97. The lowest BCUT2D eigenvalue weighted by Crippen LogP contribution is -2.24. The van der Waals surface area contributed by atoms with Gasteiger partial charge in [0.05, 0.1) is 10.6 Å². The van der Waals surface area contributed by atoms with Crippen molar-refractivity contribution in [1.82, 2.24) is 9.88 Å². The average molecular weight is 197 g/mol. The Morgan fingerprint density at radius 1 is 1.38 bits per heavy atom. The molecule has 0 saturated carbocycles. The van der Waals surface area contributed by atoms with Crippen LogP contribution < -0.4 is 0 Å². The van der Waals surface area contributed by atoms with Gasteiger partial charge in [-0.05, 0) is 6.07 Å². The summed E-state index contributed by atoms with van der Waals surface area (Å²) in [6, 6.07) is 1.49. The van der Waals surface area contributed by atoms with Crippen LogP contribution in [0.3, 0.4) is 0 Å². The summed E-state index contributed by atoms with van der Waals surface area (Å²) in [5.41, 5.74) is 0.344. The summed E-state index contributed by atoms with van der Waals surface area (Å²) in [5.74, 6) is -0.791. The fraction of sp³-hybridized carbons (Fsp3) is 0.125. The van der Waals surface area contributed by atoms with Gasteiger partial charge in [-0.25, -0.2) is 0 Å². The molecule has 0 unspecified atom stereocenters. The highest BCUT2D eigenvalue weighted by Gasteiger charge is 2.35. The number of hydrogen-bond donors (Lipinski definition) is 0. The van der Waals surface area contributed by atoms with Gasteiger partial charge in [-0.2, -0.15) is 0 Å². The van der Waals surface area contributed by atoms with Crippen molar-refractivity contribution in [2.75, 3.05) is 7.05 Å². The number of nitrogens with zero attached hydrogens (tertiary/aromatic N) is 2. The zero-order chi connectivity index (χ0) is 9.59. The molecule has 1 aliphatic rings. The van der Waals surface area contributed by atoms with Crippen LogP contribution in [0.15, 0.2) is 12.3 Å². The van der Waals surface area contributed by atoms with Gasteiger partial charge in [0, 0.05) is 13.2 Å². The van der Waals surface area contributed by atoms with Crippen molar-refractivity contribution < 1.29 is 9.59 Å². The molecular formula is C8H5ClN2O2. The first kappa shape index (κ1) is 8.19. The van der Waals surface area contributed by atoms with Crippen LogP contribution in [0.4, 0.5) is 0 Å². The Bertz CT molecular complexity index is 417. The van der Waals surface area contributed by atoms with Gasteiger partial charge in [0.1, 0.15) is 5.69 Å². The Labute approximate surface area is 79.1 Å². The first-order chi connectivity index (χ1) is 6.13. The van der Waals surface area contributed by atoms with Crippen molar-refractivity contribution >= 4 is 23.4 Å². The Hall–Kier alpha value is -1.42. The summed E-state index contributed by atoms with van der Waals surface area (Å²) in [4.78, 5) is 27.6. The van der Waals surface area contributed by atoms with Crippen LogP contribution in [0, 0.1) is 0 Å². The van der Waals surface area contributed by atoms with E-state index in [1.165, 1.54) is 19.3 Å². The molecule has 1 aliphatic heterocycles. The predicted molar refractivity (Wildman–Crippen MR) is 45.7 cm³/mol. The summed E-state index contributed by atoms with van der Waals surface area (Å²) in [5, 5.41) is 0.271. The average Bonchev–Trinajstić information content (AvgIpc) is 2.33. The fourth-order valence-corrected chi connectivity index (χ4v) is 1.45. The van der Waals surface area contributed by atoms with Gasteiger partial charge in [0.15, 0.2) is 0 Å². The third-order valence-corrected chi connectivity index (χ3v) is 2.24. The molecule has 13 heavy (non-hydrogen) atoms.